The van der Waals surface area contributed by atoms with Crippen molar-refractivity contribution in [1.82, 2.24) is 15.6 Å². The van der Waals surface area contributed by atoms with Gasteiger partial charge in [0, 0.05) is 48.2 Å². The largest absolute Gasteiger partial charge is 0.496 e. The van der Waals surface area contributed by atoms with Crippen molar-refractivity contribution >= 4 is 40.8 Å². The molecule has 1 aromatic heterocycles. The van der Waals surface area contributed by atoms with Gasteiger partial charge in [-0.15, -0.1) is 24.0 Å². The highest BCUT2D eigenvalue weighted by atomic mass is 127. The van der Waals surface area contributed by atoms with Crippen LogP contribution in [0.15, 0.2) is 59.7 Å². The van der Waals surface area contributed by atoms with E-state index in [9.17, 15) is 0 Å². The molecule has 0 radical (unpaired) electrons. The maximum atomic E-state index is 5.57. The number of benzene rings is 2. The van der Waals surface area contributed by atoms with Gasteiger partial charge in [0.25, 0.3) is 0 Å². The van der Waals surface area contributed by atoms with E-state index in [1.54, 1.807) is 7.11 Å². The molecule has 4 rings (SSSR count). The number of rotatable bonds is 7. The molecule has 1 aliphatic rings. The summed E-state index contributed by atoms with van der Waals surface area (Å²) in [5.41, 5.74) is 3.96. The Morgan fingerprint density at radius 3 is 2.62 bits per heavy atom. The zero-order valence-corrected chi connectivity index (χ0v) is 19.3. The second kappa shape index (κ2) is 9.52. The second-order valence-electron chi connectivity index (χ2n) is 7.44. The summed E-state index contributed by atoms with van der Waals surface area (Å²) in [4.78, 5) is 7.73. The van der Waals surface area contributed by atoms with Crippen LogP contribution >= 0.6 is 24.0 Å². The van der Waals surface area contributed by atoms with Crippen molar-refractivity contribution in [3.8, 4) is 5.75 Å². The highest BCUT2D eigenvalue weighted by Gasteiger charge is 2.46. The molecular weight excluding hydrogens is 475 g/mol. The van der Waals surface area contributed by atoms with Crippen molar-refractivity contribution in [3.05, 3.63) is 65.9 Å². The van der Waals surface area contributed by atoms with Crippen LogP contribution in [0, 0.1) is 0 Å². The van der Waals surface area contributed by atoms with Crippen molar-refractivity contribution in [2.24, 2.45) is 4.99 Å². The van der Waals surface area contributed by atoms with Gasteiger partial charge in [-0.2, -0.15) is 0 Å². The molecular formula is C23H29IN4O. The van der Waals surface area contributed by atoms with Crippen LogP contribution < -0.4 is 15.4 Å². The number of para-hydroxylation sites is 2. The summed E-state index contributed by atoms with van der Waals surface area (Å²) in [5.74, 6) is 1.82. The minimum Gasteiger partial charge on any atom is -0.496 e. The monoisotopic (exact) mass is 504 g/mol. The van der Waals surface area contributed by atoms with Gasteiger partial charge in [0.1, 0.15) is 5.75 Å². The molecule has 1 saturated carbocycles. The smallest absolute Gasteiger partial charge is 0.191 e. The third-order valence-electron chi connectivity index (χ3n) is 5.71. The molecule has 0 aliphatic heterocycles. The van der Waals surface area contributed by atoms with E-state index in [-0.39, 0.29) is 29.4 Å². The number of guanidine groups is 1. The lowest BCUT2D eigenvalue weighted by Gasteiger charge is -2.21. The van der Waals surface area contributed by atoms with E-state index in [2.05, 4.69) is 63.2 Å². The van der Waals surface area contributed by atoms with Gasteiger partial charge in [0.15, 0.2) is 5.96 Å². The number of nitrogens with one attached hydrogen (secondary N) is 3. The molecule has 2 aromatic carbocycles. The highest BCUT2D eigenvalue weighted by Crippen LogP contribution is 2.50. The fourth-order valence-electron chi connectivity index (χ4n) is 3.90. The molecule has 0 amide bonds. The van der Waals surface area contributed by atoms with Crippen molar-refractivity contribution in [2.45, 2.75) is 24.7 Å². The molecule has 6 heteroatoms. The van der Waals surface area contributed by atoms with Crippen LogP contribution in [0.4, 0.5) is 0 Å². The third-order valence-corrected chi connectivity index (χ3v) is 5.71. The van der Waals surface area contributed by atoms with Crippen LogP contribution in [-0.4, -0.2) is 38.2 Å². The van der Waals surface area contributed by atoms with Crippen molar-refractivity contribution in [2.75, 3.05) is 27.2 Å². The topological polar surface area (TPSA) is 61.4 Å². The predicted molar refractivity (Wildman–Crippen MR) is 131 cm³/mol. The Bertz CT molecular complexity index is 978. The van der Waals surface area contributed by atoms with E-state index in [0.717, 1.165) is 31.2 Å². The zero-order chi connectivity index (χ0) is 19.4. The average molecular weight is 504 g/mol. The number of hydrogen-bond donors (Lipinski definition) is 3. The number of H-pyrrole nitrogens is 1. The van der Waals surface area contributed by atoms with Crippen molar-refractivity contribution < 1.29 is 4.74 Å². The van der Waals surface area contributed by atoms with E-state index < -0.39 is 0 Å². The molecule has 0 unspecified atom stereocenters. The number of fused-ring (bicyclic) bond motifs is 1. The molecule has 1 aliphatic carbocycles. The molecule has 0 atom stereocenters. The van der Waals surface area contributed by atoms with E-state index in [4.69, 9.17) is 4.74 Å². The Labute approximate surface area is 189 Å². The fourth-order valence-corrected chi connectivity index (χ4v) is 3.90. The first-order valence-corrected chi connectivity index (χ1v) is 9.89. The lowest BCUT2D eigenvalue weighted by Crippen LogP contribution is -2.42. The molecule has 0 bridgehead atoms. The molecule has 0 saturated heterocycles. The summed E-state index contributed by atoms with van der Waals surface area (Å²) >= 11 is 0. The number of nitrogens with zero attached hydrogens (tertiary/aromatic N) is 1. The number of methoxy groups -OCH3 is 1. The lowest BCUT2D eigenvalue weighted by molar-refractivity contribution is 0.403. The predicted octanol–water partition coefficient (Wildman–Crippen LogP) is 4.23. The molecule has 1 heterocycles. The molecule has 3 N–H and O–H groups in total. The molecule has 5 nitrogen and oxygen atoms in total. The van der Waals surface area contributed by atoms with Crippen LogP contribution in [0.2, 0.25) is 0 Å². The zero-order valence-electron chi connectivity index (χ0n) is 17.0. The Balaban J connectivity index is 0.00000240. The molecule has 29 heavy (non-hydrogen) atoms. The van der Waals surface area contributed by atoms with Gasteiger partial charge < -0.3 is 20.4 Å². The van der Waals surface area contributed by atoms with E-state index in [1.165, 1.54) is 34.9 Å². The van der Waals surface area contributed by atoms with Gasteiger partial charge in [0.2, 0.25) is 0 Å². The van der Waals surface area contributed by atoms with Crippen LogP contribution in [0.25, 0.3) is 10.9 Å². The van der Waals surface area contributed by atoms with Gasteiger partial charge in [-0.25, -0.2) is 0 Å². The first-order chi connectivity index (χ1) is 13.8. The molecule has 3 aromatic rings. The molecule has 154 valence electrons. The van der Waals surface area contributed by atoms with Crippen molar-refractivity contribution in [1.29, 1.82) is 0 Å². The summed E-state index contributed by atoms with van der Waals surface area (Å²) in [6, 6.07) is 16.8. The number of halogens is 1. The summed E-state index contributed by atoms with van der Waals surface area (Å²) in [5, 5.41) is 8.25. The summed E-state index contributed by atoms with van der Waals surface area (Å²) in [6.45, 7) is 1.70. The first-order valence-electron chi connectivity index (χ1n) is 9.89. The third kappa shape index (κ3) is 4.69. The van der Waals surface area contributed by atoms with Crippen molar-refractivity contribution in [3.63, 3.8) is 0 Å². The minimum absolute atomic E-state index is 0. The SMILES string of the molecule is CN=C(NCCc1c[nH]c2ccccc12)NCC1(c2ccccc2OC)CC1.I. The minimum atomic E-state index is 0. The standard InChI is InChI=1S/C23H28N4O.HI/c1-24-22(25-14-11-17-15-26-20-9-5-3-7-18(17)20)27-16-23(12-13-23)19-8-4-6-10-21(19)28-2;/h3-10,15,26H,11-14,16H2,1-2H3,(H2,24,25,27);1H. The van der Waals surface area contributed by atoms with Gasteiger partial charge >= 0.3 is 0 Å². The quantitative estimate of drug-likeness (QED) is 0.257. The summed E-state index contributed by atoms with van der Waals surface area (Å²) in [7, 11) is 3.57. The average Bonchev–Trinajstić information content (AvgIpc) is 3.43. The normalized spacial score (nSPS) is 14.9. The highest BCUT2D eigenvalue weighted by molar-refractivity contribution is 14.0. The molecule has 0 spiro atoms. The Morgan fingerprint density at radius 1 is 1.10 bits per heavy atom. The van der Waals surface area contributed by atoms with E-state index >= 15 is 0 Å². The van der Waals surface area contributed by atoms with Crippen LogP contribution in [0.5, 0.6) is 5.75 Å². The number of aromatic nitrogens is 1. The lowest BCUT2D eigenvalue weighted by atomic mass is 9.95. The van der Waals surface area contributed by atoms with Crippen LogP contribution in [0.3, 0.4) is 0 Å². The Morgan fingerprint density at radius 2 is 1.86 bits per heavy atom. The summed E-state index contributed by atoms with van der Waals surface area (Å²) < 4.78 is 5.57. The van der Waals surface area contributed by atoms with E-state index in [0.29, 0.717) is 0 Å². The Kier molecular flexibility index (Phi) is 7.05. The van der Waals surface area contributed by atoms with Gasteiger partial charge in [-0.05, 0) is 37.0 Å². The maximum absolute atomic E-state index is 5.57. The van der Waals surface area contributed by atoms with Crippen LogP contribution in [0.1, 0.15) is 24.0 Å². The number of aliphatic imine (C=N–C) groups is 1. The Hall–Kier alpha value is -2.22. The number of aromatic amines is 1. The second-order valence-corrected chi connectivity index (χ2v) is 7.44. The van der Waals surface area contributed by atoms with Gasteiger partial charge in [0.05, 0.1) is 7.11 Å². The summed E-state index contributed by atoms with van der Waals surface area (Å²) in [6.07, 6.45) is 5.39. The number of ether oxygens (including phenoxy) is 1. The first kappa shape index (κ1) is 21.5. The van der Waals surface area contributed by atoms with Crippen LogP contribution in [-0.2, 0) is 11.8 Å². The fraction of sp³-hybridized carbons (Fsp3) is 0.348. The number of hydrogen-bond acceptors (Lipinski definition) is 2. The van der Waals surface area contributed by atoms with E-state index in [1.807, 2.05) is 19.2 Å². The molecule has 1 fully saturated rings. The van der Waals surface area contributed by atoms with Gasteiger partial charge in [-0.1, -0.05) is 36.4 Å². The van der Waals surface area contributed by atoms with Gasteiger partial charge in [-0.3, -0.25) is 4.99 Å². The maximum Gasteiger partial charge on any atom is 0.191 e.